The lowest BCUT2D eigenvalue weighted by Gasteiger charge is -2.06. The number of rotatable bonds is 4. The molecule has 0 aliphatic heterocycles. The zero-order valence-corrected chi connectivity index (χ0v) is 13.1. The molecule has 8 heteroatoms. The van der Waals surface area contributed by atoms with Gasteiger partial charge < -0.3 is 9.47 Å². The summed E-state index contributed by atoms with van der Waals surface area (Å²) >= 11 is 3.39. The highest BCUT2D eigenvalue weighted by molar-refractivity contribution is 9.10. The molecule has 2 rings (SSSR count). The third kappa shape index (κ3) is 3.52. The third-order valence-corrected chi connectivity index (χ3v) is 3.31. The molecule has 0 spiro atoms. The zero-order valence-electron chi connectivity index (χ0n) is 11.6. The number of methoxy groups -OCH3 is 1. The zero-order chi connectivity index (χ0) is 15.4. The number of halogens is 1. The van der Waals surface area contributed by atoms with Gasteiger partial charge in [-0.1, -0.05) is 0 Å². The fourth-order valence-corrected chi connectivity index (χ4v) is 2.19. The second kappa shape index (κ2) is 6.57. The van der Waals surface area contributed by atoms with Gasteiger partial charge in [-0.3, -0.25) is 14.5 Å². The first-order valence-electron chi connectivity index (χ1n) is 6.22. The van der Waals surface area contributed by atoms with Crippen LogP contribution in [0, 0.1) is 0 Å². The molecule has 0 atom stereocenters. The molecule has 21 heavy (non-hydrogen) atoms. The van der Waals surface area contributed by atoms with Gasteiger partial charge >= 0.3 is 12.1 Å². The van der Waals surface area contributed by atoms with Gasteiger partial charge in [0.05, 0.1) is 36.1 Å². The van der Waals surface area contributed by atoms with Crippen LogP contribution in [-0.4, -0.2) is 35.2 Å². The van der Waals surface area contributed by atoms with E-state index >= 15 is 0 Å². The number of imidazole rings is 1. The molecule has 1 amide bonds. The summed E-state index contributed by atoms with van der Waals surface area (Å²) in [5, 5.41) is 2.57. The molecule has 2 aromatic heterocycles. The summed E-state index contributed by atoms with van der Waals surface area (Å²) in [6.45, 7) is 2.07. The van der Waals surface area contributed by atoms with E-state index in [-0.39, 0.29) is 12.4 Å². The Morgan fingerprint density at radius 1 is 1.43 bits per heavy atom. The summed E-state index contributed by atoms with van der Waals surface area (Å²) in [6.07, 6.45) is 1.19. The van der Waals surface area contributed by atoms with Crippen molar-refractivity contribution < 1.29 is 19.1 Å². The summed E-state index contributed by atoms with van der Waals surface area (Å²) in [6, 6.07) is 3.45. The predicted octanol–water partition coefficient (Wildman–Crippen LogP) is 2.38. The van der Waals surface area contributed by atoms with Gasteiger partial charge in [-0.15, -0.1) is 0 Å². The van der Waals surface area contributed by atoms with Crippen molar-refractivity contribution in [3.8, 4) is 0 Å². The monoisotopic (exact) mass is 355 g/mol. The molecule has 0 bridgehead atoms. The van der Waals surface area contributed by atoms with E-state index in [1.807, 2.05) is 0 Å². The molecule has 2 aromatic rings. The maximum absolute atomic E-state index is 11.5. The standard InChI is InChI=1S/C13H14BrN3O4/c1-3-21-11(18)6-8-7-17-10(14)5-4-9(12(17)15-8)16-13(19)20-2/h4-5,7H,3,6H2,1-2H3,(H,16,19). The molecule has 0 unspecified atom stereocenters. The van der Waals surface area contributed by atoms with Crippen LogP contribution in [0.5, 0.6) is 0 Å². The van der Waals surface area contributed by atoms with Crippen LogP contribution in [0.1, 0.15) is 12.6 Å². The van der Waals surface area contributed by atoms with Crippen LogP contribution >= 0.6 is 15.9 Å². The van der Waals surface area contributed by atoms with Crippen molar-refractivity contribution in [2.45, 2.75) is 13.3 Å². The first-order valence-corrected chi connectivity index (χ1v) is 7.01. The smallest absolute Gasteiger partial charge is 0.411 e. The number of aromatic nitrogens is 2. The average Bonchev–Trinajstić information content (AvgIpc) is 2.86. The van der Waals surface area contributed by atoms with Crippen LogP contribution in [0.3, 0.4) is 0 Å². The lowest BCUT2D eigenvalue weighted by atomic mass is 10.3. The fourth-order valence-electron chi connectivity index (χ4n) is 1.79. The summed E-state index contributed by atoms with van der Waals surface area (Å²) in [7, 11) is 1.28. The SMILES string of the molecule is CCOC(=O)Cc1cn2c(Br)ccc(NC(=O)OC)c2n1. The van der Waals surface area contributed by atoms with E-state index in [4.69, 9.17) is 4.74 Å². The Hall–Kier alpha value is -2.09. The van der Waals surface area contributed by atoms with Gasteiger partial charge in [-0.2, -0.15) is 0 Å². The van der Waals surface area contributed by atoms with E-state index in [0.29, 0.717) is 23.6 Å². The van der Waals surface area contributed by atoms with Crippen LogP contribution in [0.15, 0.2) is 22.9 Å². The number of pyridine rings is 1. The van der Waals surface area contributed by atoms with Crippen LogP contribution in [0.2, 0.25) is 0 Å². The molecule has 2 heterocycles. The molecule has 0 radical (unpaired) electrons. The van der Waals surface area contributed by atoms with Crippen LogP contribution in [0.4, 0.5) is 10.5 Å². The molecule has 0 aliphatic rings. The highest BCUT2D eigenvalue weighted by atomic mass is 79.9. The lowest BCUT2D eigenvalue weighted by Crippen LogP contribution is -2.12. The number of carbonyl (C=O) groups excluding carboxylic acids is 2. The van der Waals surface area contributed by atoms with E-state index in [1.165, 1.54) is 7.11 Å². The number of nitrogens with one attached hydrogen (secondary N) is 1. The molecule has 112 valence electrons. The van der Waals surface area contributed by atoms with Crippen molar-refractivity contribution >= 4 is 39.3 Å². The van der Waals surface area contributed by atoms with Gasteiger partial charge in [-0.25, -0.2) is 9.78 Å². The number of nitrogens with zero attached hydrogens (tertiary/aromatic N) is 2. The van der Waals surface area contributed by atoms with Gasteiger partial charge in [0.1, 0.15) is 0 Å². The minimum atomic E-state index is -0.589. The Balaban J connectivity index is 2.35. The highest BCUT2D eigenvalue weighted by Crippen LogP contribution is 2.22. The quantitative estimate of drug-likeness (QED) is 0.672. The Labute approximate surface area is 129 Å². The minimum absolute atomic E-state index is 0.0691. The summed E-state index contributed by atoms with van der Waals surface area (Å²) in [4.78, 5) is 27.2. The van der Waals surface area contributed by atoms with Crippen molar-refractivity contribution in [3.63, 3.8) is 0 Å². The normalized spacial score (nSPS) is 10.4. The maximum atomic E-state index is 11.5. The predicted molar refractivity (Wildman–Crippen MR) is 79.3 cm³/mol. The van der Waals surface area contributed by atoms with Crippen molar-refractivity contribution in [2.24, 2.45) is 0 Å². The number of anilines is 1. The number of hydrogen-bond donors (Lipinski definition) is 1. The Morgan fingerprint density at radius 3 is 2.86 bits per heavy atom. The topological polar surface area (TPSA) is 81.9 Å². The van der Waals surface area contributed by atoms with Gasteiger partial charge in [0.25, 0.3) is 0 Å². The van der Waals surface area contributed by atoms with E-state index < -0.39 is 6.09 Å². The van der Waals surface area contributed by atoms with Crippen molar-refractivity contribution in [3.05, 3.63) is 28.6 Å². The van der Waals surface area contributed by atoms with E-state index in [2.05, 4.69) is 31.0 Å². The third-order valence-electron chi connectivity index (χ3n) is 2.67. The molecular weight excluding hydrogens is 342 g/mol. The first-order chi connectivity index (χ1) is 10.0. The highest BCUT2D eigenvalue weighted by Gasteiger charge is 2.14. The van der Waals surface area contributed by atoms with Gasteiger partial charge in [0, 0.05) is 6.20 Å². The Kier molecular flexibility index (Phi) is 4.79. The Morgan fingerprint density at radius 2 is 2.19 bits per heavy atom. The van der Waals surface area contributed by atoms with E-state index in [1.54, 1.807) is 29.7 Å². The largest absolute Gasteiger partial charge is 0.466 e. The number of fused-ring (bicyclic) bond motifs is 1. The lowest BCUT2D eigenvalue weighted by molar-refractivity contribution is -0.142. The average molecular weight is 356 g/mol. The van der Waals surface area contributed by atoms with Crippen LogP contribution in [-0.2, 0) is 20.7 Å². The molecule has 0 aromatic carbocycles. The van der Waals surface area contributed by atoms with Crippen LogP contribution < -0.4 is 5.32 Å². The minimum Gasteiger partial charge on any atom is -0.466 e. The molecular formula is C13H14BrN3O4. The summed E-state index contributed by atoms with van der Waals surface area (Å²) in [5.74, 6) is -0.348. The van der Waals surface area contributed by atoms with Crippen molar-refractivity contribution in [2.75, 3.05) is 19.0 Å². The maximum Gasteiger partial charge on any atom is 0.411 e. The van der Waals surface area contributed by atoms with E-state index in [0.717, 1.165) is 4.60 Å². The molecule has 0 aliphatic carbocycles. The van der Waals surface area contributed by atoms with Gasteiger partial charge in [-0.05, 0) is 35.0 Å². The summed E-state index contributed by atoms with van der Waals surface area (Å²) < 4.78 is 11.9. The van der Waals surface area contributed by atoms with Crippen molar-refractivity contribution in [1.82, 2.24) is 9.38 Å². The fraction of sp³-hybridized carbons (Fsp3) is 0.308. The van der Waals surface area contributed by atoms with Gasteiger partial charge in [0.2, 0.25) is 0 Å². The second-order valence-electron chi connectivity index (χ2n) is 4.09. The number of amides is 1. The second-order valence-corrected chi connectivity index (χ2v) is 4.91. The summed E-state index contributed by atoms with van der Waals surface area (Å²) in [5.41, 5.74) is 1.54. The van der Waals surface area contributed by atoms with Gasteiger partial charge in [0.15, 0.2) is 5.65 Å². The Bertz CT molecular complexity index is 683. The molecule has 7 nitrogen and oxygen atoms in total. The van der Waals surface area contributed by atoms with E-state index in [9.17, 15) is 9.59 Å². The number of ether oxygens (including phenoxy) is 2. The number of hydrogen-bond acceptors (Lipinski definition) is 5. The molecule has 0 saturated carbocycles. The molecule has 1 N–H and O–H groups in total. The molecule has 0 fully saturated rings. The number of esters is 1. The first kappa shape index (κ1) is 15.3. The van der Waals surface area contributed by atoms with Crippen molar-refractivity contribution in [1.29, 1.82) is 0 Å². The van der Waals surface area contributed by atoms with Crippen LogP contribution in [0.25, 0.3) is 5.65 Å². The number of carbonyl (C=O) groups is 2. The molecule has 0 saturated heterocycles.